The highest BCUT2D eigenvalue weighted by atomic mass is 19.4. The summed E-state index contributed by atoms with van der Waals surface area (Å²) in [5.74, 6) is -1.76. The average Bonchev–Trinajstić information content (AvgIpc) is 2.80. The first-order valence-corrected chi connectivity index (χ1v) is 5.52. The van der Waals surface area contributed by atoms with E-state index in [-0.39, 0.29) is 18.1 Å². The Hall–Kier alpha value is -1.14. The van der Waals surface area contributed by atoms with E-state index < -0.39 is 23.7 Å². The molecule has 2 atom stereocenters. The summed E-state index contributed by atoms with van der Waals surface area (Å²) >= 11 is 0. The molecule has 1 aliphatic rings. The third-order valence-electron chi connectivity index (χ3n) is 3.06. The lowest BCUT2D eigenvalue weighted by atomic mass is 9.93. The lowest BCUT2D eigenvalue weighted by Crippen LogP contribution is -2.17. The molecule has 0 spiro atoms. The Balaban J connectivity index is 2.33. The van der Waals surface area contributed by atoms with Gasteiger partial charge >= 0.3 is 6.18 Å². The highest BCUT2D eigenvalue weighted by Crippen LogP contribution is 2.36. The van der Waals surface area contributed by atoms with Gasteiger partial charge in [-0.25, -0.2) is 4.39 Å². The monoisotopic (exact) mass is 264 g/mol. The second kappa shape index (κ2) is 4.85. The van der Waals surface area contributed by atoms with Crippen molar-refractivity contribution in [2.45, 2.75) is 18.7 Å². The molecule has 1 N–H and O–H groups in total. The van der Waals surface area contributed by atoms with Crippen molar-refractivity contribution in [1.82, 2.24) is 0 Å². The van der Waals surface area contributed by atoms with Gasteiger partial charge in [-0.05, 0) is 12.5 Å². The maximum absolute atomic E-state index is 13.8. The molecule has 0 aromatic heterocycles. The highest BCUT2D eigenvalue weighted by molar-refractivity contribution is 5.30. The number of benzene rings is 1. The Morgan fingerprint density at radius 1 is 1.33 bits per heavy atom. The summed E-state index contributed by atoms with van der Waals surface area (Å²) in [4.78, 5) is 0. The van der Waals surface area contributed by atoms with Gasteiger partial charge in [-0.15, -0.1) is 0 Å². The number of halogens is 4. The van der Waals surface area contributed by atoms with E-state index in [4.69, 9.17) is 4.74 Å². The Bertz CT molecular complexity index is 425. The standard InChI is InChI=1S/C12H12F4O2/c13-10-8(11(17)7-4-5-18-6-7)2-1-3-9(10)12(14,15)16/h1-3,7,11,17H,4-6H2. The third kappa shape index (κ3) is 2.49. The van der Waals surface area contributed by atoms with Crippen LogP contribution in [0, 0.1) is 11.7 Å². The molecule has 0 saturated carbocycles. The topological polar surface area (TPSA) is 29.5 Å². The van der Waals surface area contributed by atoms with E-state index in [2.05, 4.69) is 0 Å². The van der Waals surface area contributed by atoms with Gasteiger partial charge in [-0.1, -0.05) is 12.1 Å². The molecular weight excluding hydrogens is 252 g/mol. The first kappa shape index (κ1) is 13.3. The number of hydrogen-bond donors (Lipinski definition) is 1. The first-order valence-electron chi connectivity index (χ1n) is 5.52. The van der Waals surface area contributed by atoms with E-state index >= 15 is 0 Å². The van der Waals surface area contributed by atoms with Crippen molar-refractivity contribution in [3.8, 4) is 0 Å². The zero-order chi connectivity index (χ0) is 13.3. The van der Waals surface area contributed by atoms with Crippen LogP contribution < -0.4 is 0 Å². The minimum atomic E-state index is -4.76. The van der Waals surface area contributed by atoms with Gasteiger partial charge in [0.05, 0.1) is 18.3 Å². The fourth-order valence-electron chi connectivity index (χ4n) is 2.05. The average molecular weight is 264 g/mol. The molecule has 1 aliphatic heterocycles. The summed E-state index contributed by atoms with van der Waals surface area (Å²) in [6.07, 6.45) is -5.52. The van der Waals surface area contributed by atoms with Crippen molar-refractivity contribution in [1.29, 1.82) is 0 Å². The van der Waals surface area contributed by atoms with Gasteiger partial charge in [0, 0.05) is 18.1 Å². The summed E-state index contributed by atoms with van der Waals surface area (Å²) in [6.45, 7) is 0.666. The predicted molar refractivity (Wildman–Crippen MR) is 55.3 cm³/mol. The molecule has 0 aliphatic carbocycles. The fourth-order valence-corrected chi connectivity index (χ4v) is 2.05. The summed E-state index contributed by atoms with van der Waals surface area (Å²) in [6, 6.07) is 2.94. The van der Waals surface area contributed by atoms with Crippen molar-refractivity contribution in [2.75, 3.05) is 13.2 Å². The Kier molecular flexibility index (Phi) is 3.59. The molecule has 1 saturated heterocycles. The smallest absolute Gasteiger partial charge is 0.388 e. The molecule has 2 nitrogen and oxygen atoms in total. The van der Waals surface area contributed by atoms with E-state index in [9.17, 15) is 22.7 Å². The molecule has 1 aromatic carbocycles. The van der Waals surface area contributed by atoms with Crippen molar-refractivity contribution in [3.05, 3.63) is 35.1 Å². The van der Waals surface area contributed by atoms with Crippen LogP contribution in [0.1, 0.15) is 23.7 Å². The van der Waals surface area contributed by atoms with Gasteiger partial charge in [0.25, 0.3) is 0 Å². The number of aliphatic hydroxyl groups is 1. The van der Waals surface area contributed by atoms with Gasteiger partial charge in [0.15, 0.2) is 0 Å². The maximum Gasteiger partial charge on any atom is 0.419 e. The number of hydrogen-bond acceptors (Lipinski definition) is 2. The van der Waals surface area contributed by atoms with Crippen LogP contribution in [0.15, 0.2) is 18.2 Å². The van der Waals surface area contributed by atoms with Crippen LogP contribution >= 0.6 is 0 Å². The molecule has 1 heterocycles. The summed E-state index contributed by atoms with van der Waals surface area (Å²) < 4.78 is 56.4. The van der Waals surface area contributed by atoms with Crippen molar-refractivity contribution >= 4 is 0 Å². The lowest BCUT2D eigenvalue weighted by molar-refractivity contribution is -0.140. The summed E-state index contributed by atoms with van der Waals surface area (Å²) in [7, 11) is 0. The molecule has 18 heavy (non-hydrogen) atoms. The molecule has 100 valence electrons. The first-order chi connectivity index (χ1) is 8.41. The van der Waals surface area contributed by atoms with Crippen LogP contribution in [0.4, 0.5) is 17.6 Å². The van der Waals surface area contributed by atoms with Crippen molar-refractivity contribution in [3.63, 3.8) is 0 Å². The van der Waals surface area contributed by atoms with E-state index in [0.717, 1.165) is 6.07 Å². The number of ether oxygens (including phenoxy) is 1. The number of rotatable bonds is 2. The van der Waals surface area contributed by atoms with Crippen LogP contribution in [0.5, 0.6) is 0 Å². The molecule has 0 bridgehead atoms. The molecule has 0 amide bonds. The van der Waals surface area contributed by atoms with Gasteiger partial charge in [0.2, 0.25) is 0 Å². The zero-order valence-corrected chi connectivity index (χ0v) is 9.38. The lowest BCUT2D eigenvalue weighted by Gasteiger charge is -2.19. The predicted octanol–water partition coefficient (Wildman–Crippen LogP) is 2.91. The largest absolute Gasteiger partial charge is 0.419 e. The summed E-state index contributed by atoms with van der Waals surface area (Å²) in [5.41, 5.74) is -1.67. The van der Waals surface area contributed by atoms with Gasteiger partial charge in [-0.3, -0.25) is 0 Å². The van der Waals surface area contributed by atoms with E-state index in [1.807, 2.05) is 0 Å². The Morgan fingerprint density at radius 2 is 2.06 bits per heavy atom. The molecule has 2 rings (SSSR count). The molecule has 6 heteroatoms. The number of alkyl halides is 3. The second-order valence-corrected chi connectivity index (χ2v) is 4.28. The van der Waals surface area contributed by atoms with E-state index in [1.54, 1.807) is 0 Å². The molecule has 2 unspecified atom stereocenters. The zero-order valence-electron chi connectivity index (χ0n) is 9.38. The van der Waals surface area contributed by atoms with Crippen LogP contribution in [0.3, 0.4) is 0 Å². The second-order valence-electron chi connectivity index (χ2n) is 4.28. The summed E-state index contributed by atoms with van der Waals surface area (Å²) in [5, 5.41) is 9.90. The number of aliphatic hydroxyl groups excluding tert-OH is 1. The molecule has 0 radical (unpaired) electrons. The van der Waals surface area contributed by atoms with E-state index in [1.165, 1.54) is 6.07 Å². The minimum Gasteiger partial charge on any atom is -0.388 e. The quantitative estimate of drug-likeness (QED) is 0.832. The highest BCUT2D eigenvalue weighted by Gasteiger charge is 2.37. The normalized spacial score (nSPS) is 22.2. The third-order valence-corrected chi connectivity index (χ3v) is 3.06. The van der Waals surface area contributed by atoms with Crippen LogP contribution in [0.2, 0.25) is 0 Å². The molecule has 1 fully saturated rings. The van der Waals surface area contributed by atoms with Crippen LogP contribution in [-0.4, -0.2) is 18.3 Å². The fraction of sp³-hybridized carbons (Fsp3) is 0.500. The molecular formula is C12H12F4O2. The molecule has 1 aromatic rings. The van der Waals surface area contributed by atoms with E-state index in [0.29, 0.717) is 19.1 Å². The Morgan fingerprint density at radius 3 is 2.61 bits per heavy atom. The van der Waals surface area contributed by atoms with Gasteiger partial charge < -0.3 is 9.84 Å². The van der Waals surface area contributed by atoms with Crippen molar-refractivity contribution in [2.24, 2.45) is 5.92 Å². The van der Waals surface area contributed by atoms with Crippen LogP contribution in [0.25, 0.3) is 0 Å². The maximum atomic E-state index is 13.8. The van der Waals surface area contributed by atoms with Gasteiger partial charge in [0.1, 0.15) is 5.82 Å². The minimum absolute atomic E-state index is 0.233. The van der Waals surface area contributed by atoms with Crippen LogP contribution in [-0.2, 0) is 10.9 Å². The SMILES string of the molecule is OC(c1cccc(C(F)(F)F)c1F)C1CCOC1. The van der Waals surface area contributed by atoms with Gasteiger partial charge in [-0.2, -0.15) is 13.2 Å². The Labute approximate surface area is 101 Å². The van der Waals surface area contributed by atoms with Crippen molar-refractivity contribution < 1.29 is 27.4 Å².